The summed E-state index contributed by atoms with van der Waals surface area (Å²) in [4.78, 5) is 20.2. The molecule has 0 aliphatic heterocycles. The lowest BCUT2D eigenvalue weighted by molar-refractivity contribution is -0.117. The van der Waals surface area contributed by atoms with Crippen LogP contribution >= 0.6 is 0 Å². The molecule has 0 saturated heterocycles. The van der Waals surface area contributed by atoms with Gasteiger partial charge in [0, 0.05) is 23.9 Å². The van der Waals surface area contributed by atoms with E-state index in [1.807, 2.05) is 32.9 Å². The third kappa shape index (κ3) is 4.25. The minimum absolute atomic E-state index is 0.189. The Hall–Kier alpha value is -2.50. The fourth-order valence-electron chi connectivity index (χ4n) is 1.69. The SMILES string of the molecule is CC(NC(=O)/C=C/c1cccnc1)c1nc(C(C)(C)C)no1. The van der Waals surface area contributed by atoms with Gasteiger partial charge in [0.1, 0.15) is 6.04 Å². The van der Waals surface area contributed by atoms with E-state index in [2.05, 4.69) is 20.4 Å². The number of pyridine rings is 1. The first-order valence-corrected chi connectivity index (χ1v) is 7.09. The Morgan fingerprint density at radius 2 is 2.18 bits per heavy atom. The van der Waals surface area contributed by atoms with Crippen molar-refractivity contribution in [2.24, 2.45) is 0 Å². The summed E-state index contributed by atoms with van der Waals surface area (Å²) in [5.41, 5.74) is 0.671. The maximum absolute atomic E-state index is 11.9. The predicted molar refractivity (Wildman–Crippen MR) is 82.8 cm³/mol. The van der Waals surface area contributed by atoms with Crippen LogP contribution in [-0.2, 0) is 10.2 Å². The quantitative estimate of drug-likeness (QED) is 0.878. The third-order valence-electron chi connectivity index (χ3n) is 2.95. The molecule has 0 spiro atoms. The summed E-state index contributed by atoms with van der Waals surface area (Å²) in [6.07, 6.45) is 6.51. The summed E-state index contributed by atoms with van der Waals surface area (Å²) in [6.45, 7) is 7.81. The van der Waals surface area contributed by atoms with E-state index in [0.717, 1.165) is 5.56 Å². The van der Waals surface area contributed by atoms with Crippen molar-refractivity contribution in [1.82, 2.24) is 20.4 Å². The molecular formula is C16H20N4O2. The Balaban J connectivity index is 1.97. The summed E-state index contributed by atoms with van der Waals surface area (Å²) >= 11 is 0. The molecule has 0 aliphatic rings. The van der Waals surface area contributed by atoms with Crippen LogP contribution in [0.4, 0.5) is 0 Å². The fourth-order valence-corrected chi connectivity index (χ4v) is 1.69. The molecule has 0 aromatic carbocycles. The lowest BCUT2D eigenvalue weighted by atomic mass is 9.96. The average molecular weight is 300 g/mol. The van der Waals surface area contributed by atoms with Crippen molar-refractivity contribution >= 4 is 12.0 Å². The number of amides is 1. The lowest BCUT2D eigenvalue weighted by Gasteiger charge is -2.11. The molecule has 2 heterocycles. The molecule has 1 unspecified atom stereocenters. The molecule has 6 heteroatoms. The monoisotopic (exact) mass is 300 g/mol. The van der Waals surface area contributed by atoms with E-state index in [9.17, 15) is 4.79 Å². The maximum atomic E-state index is 11.9. The molecule has 116 valence electrons. The van der Waals surface area contributed by atoms with Crippen molar-refractivity contribution in [2.75, 3.05) is 0 Å². The summed E-state index contributed by atoms with van der Waals surface area (Å²) in [5, 5.41) is 6.73. The van der Waals surface area contributed by atoms with E-state index in [1.165, 1.54) is 6.08 Å². The van der Waals surface area contributed by atoms with Gasteiger partial charge in [-0.05, 0) is 24.6 Å². The second-order valence-corrected chi connectivity index (χ2v) is 6.06. The second kappa shape index (κ2) is 6.51. The van der Waals surface area contributed by atoms with Gasteiger partial charge in [-0.15, -0.1) is 0 Å². The first kappa shape index (κ1) is 15.9. The van der Waals surface area contributed by atoms with E-state index in [0.29, 0.717) is 11.7 Å². The summed E-state index contributed by atoms with van der Waals surface area (Å²) in [5.74, 6) is 0.786. The molecule has 22 heavy (non-hydrogen) atoms. The number of hydrogen-bond acceptors (Lipinski definition) is 5. The van der Waals surface area contributed by atoms with Crippen LogP contribution in [0.2, 0.25) is 0 Å². The van der Waals surface area contributed by atoms with Gasteiger partial charge in [-0.3, -0.25) is 9.78 Å². The molecule has 0 aliphatic carbocycles. The Labute approximate surface area is 129 Å². The Morgan fingerprint density at radius 3 is 2.77 bits per heavy atom. The smallest absolute Gasteiger partial charge is 0.248 e. The molecule has 1 N–H and O–H groups in total. The van der Waals surface area contributed by atoms with Crippen molar-refractivity contribution in [3.63, 3.8) is 0 Å². The van der Waals surface area contributed by atoms with Crippen LogP contribution in [0.3, 0.4) is 0 Å². The van der Waals surface area contributed by atoms with Gasteiger partial charge in [0.15, 0.2) is 5.82 Å². The van der Waals surface area contributed by atoms with Gasteiger partial charge in [0.25, 0.3) is 0 Å². The molecule has 0 fully saturated rings. The zero-order valence-electron chi connectivity index (χ0n) is 13.2. The first-order chi connectivity index (χ1) is 10.4. The number of nitrogens with one attached hydrogen (secondary N) is 1. The van der Waals surface area contributed by atoms with Crippen molar-refractivity contribution < 1.29 is 9.32 Å². The molecule has 1 amide bonds. The van der Waals surface area contributed by atoms with Crippen LogP contribution < -0.4 is 5.32 Å². The molecule has 0 radical (unpaired) electrons. The van der Waals surface area contributed by atoms with Crippen LogP contribution in [0, 0.1) is 0 Å². The van der Waals surface area contributed by atoms with Gasteiger partial charge < -0.3 is 9.84 Å². The van der Waals surface area contributed by atoms with Crippen LogP contribution in [0.5, 0.6) is 0 Å². The van der Waals surface area contributed by atoms with Crippen LogP contribution in [0.1, 0.15) is 51.0 Å². The predicted octanol–water partition coefficient (Wildman–Crippen LogP) is 2.65. The maximum Gasteiger partial charge on any atom is 0.248 e. The largest absolute Gasteiger partial charge is 0.341 e. The lowest BCUT2D eigenvalue weighted by Crippen LogP contribution is -2.25. The van der Waals surface area contributed by atoms with Crippen molar-refractivity contribution in [3.8, 4) is 0 Å². The van der Waals surface area contributed by atoms with E-state index in [-0.39, 0.29) is 17.4 Å². The van der Waals surface area contributed by atoms with E-state index < -0.39 is 0 Å². The molecule has 0 saturated carbocycles. The summed E-state index contributed by atoms with van der Waals surface area (Å²) < 4.78 is 5.21. The zero-order valence-corrected chi connectivity index (χ0v) is 13.2. The van der Waals surface area contributed by atoms with Crippen molar-refractivity contribution in [3.05, 3.63) is 47.9 Å². The van der Waals surface area contributed by atoms with Crippen molar-refractivity contribution in [2.45, 2.75) is 39.2 Å². The van der Waals surface area contributed by atoms with E-state index >= 15 is 0 Å². The second-order valence-electron chi connectivity index (χ2n) is 6.06. The Bertz CT molecular complexity index is 656. The van der Waals surface area contributed by atoms with Crippen LogP contribution in [0.15, 0.2) is 35.1 Å². The Kier molecular flexibility index (Phi) is 4.70. The standard InChI is InChI=1S/C16H20N4O2/c1-11(14-19-15(20-22-14)16(2,3)4)18-13(21)8-7-12-6-5-9-17-10-12/h5-11H,1-4H3,(H,18,21)/b8-7+. The highest BCUT2D eigenvalue weighted by Gasteiger charge is 2.23. The molecule has 2 aromatic heterocycles. The zero-order chi connectivity index (χ0) is 16.2. The van der Waals surface area contributed by atoms with Gasteiger partial charge in [-0.1, -0.05) is 32.0 Å². The van der Waals surface area contributed by atoms with Gasteiger partial charge in [-0.25, -0.2) is 0 Å². The number of aromatic nitrogens is 3. The minimum atomic E-state index is -0.352. The molecule has 0 bridgehead atoms. The van der Waals surface area contributed by atoms with Crippen LogP contribution in [-0.4, -0.2) is 21.0 Å². The topological polar surface area (TPSA) is 80.9 Å². The molecule has 2 rings (SSSR count). The van der Waals surface area contributed by atoms with Gasteiger partial charge in [-0.2, -0.15) is 4.98 Å². The molecular weight excluding hydrogens is 280 g/mol. The highest BCUT2D eigenvalue weighted by atomic mass is 16.5. The van der Waals surface area contributed by atoms with Gasteiger partial charge in [0.2, 0.25) is 11.8 Å². The first-order valence-electron chi connectivity index (χ1n) is 7.09. The number of carbonyl (C=O) groups is 1. The highest BCUT2D eigenvalue weighted by Crippen LogP contribution is 2.20. The highest BCUT2D eigenvalue weighted by molar-refractivity contribution is 5.91. The average Bonchev–Trinajstić information content (AvgIpc) is 2.96. The molecule has 1 atom stereocenters. The number of rotatable bonds is 4. The number of nitrogens with zero attached hydrogens (tertiary/aromatic N) is 3. The van der Waals surface area contributed by atoms with Gasteiger partial charge in [0.05, 0.1) is 0 Å². The van der Waals surface area contributed by atoms with Crippen LogP contribution in [0.25, 0.3) is 6.08 Å². The van der Waals surface area contributed by atoms with Crippen molar-refractivity contribution in [1.29, 1.82) is 0 Å². The summed E-state index contributed by atoms with van der Waals surface area (Å²) in [7, 11) is 0. The Morgan fingerprint density at radius 1 is 1.41 bits per heavy atom. The fraction of sp³-hybridized carbons (Fsp3) is 0.375. The summed E-state index contributed by atoms with van der Waals surface area (Å²) in [6, 6.07) is 3.33. The minimum Gasteiger partial charge on any atom is -0.341 e. The number of hydrogen-bond donors (Lipinski definition) is 1. The number of carbonyl (C=O) groups excluding carboxylic acids is 1. The van der Waals surface area contributed by atoms with E-state index in [4.69, 9.17) is 4.52 Å². The third-order valence-corrected chi connectivity index (χ3v) is 2.95. The normalized spacial score (nSPS) is 13.3. The molecule has 2 aromatic rings. The van der Waals surface area contributed by atoms with E-state index in [1.54, 1.807) is 25.4 Å². The van der Waals surface area contributed by atoms with Gasteiger partial charge >= 0.3 is 0 Å². The molecule has 6 nitrogen and oxygen atoms in total.